The molecule has 1 heterocycles. The number of aromatic nitrogens is 2. The number of hydrogen-bond acceptors (Lipinski definition) is 3. The number of aryl methyl sites for hydroxylation is 2. The fourth-order valence-electron chi connectivity index (χ4n) is 2.67. The van der Waals surface area contributed by atoms with Crippen molar-refractivity contribution in [3.8, 4) is 0 Å². The molecule has 1 aromatic heterocycles. The molecular weight excluding hydrogens is 415 g/mol. The molecule has 1 aromatic rings. The van der Waals surface area contributed by atoms with Crippen molar-refractivity contribution in [2.45, 2.75) is 59.7 Å². The second kappa shape index (κ2) is 12.5. The molecule has 0 saturated carbocycles. The van der Waals surface area contributed by atoms with Crippen molar-refractivity contribution in [3.05, 3.63) is 18.0 Å². The minimum absolute atomic E-state index is 0. The van der Waals surface area contributed by atoms with Gasteiger partial charge in [-0.05, 0) is 46.6 Å². The van der Waals surface area contributed by atoms with Gasteiger partial charge in [0.15, 0.2) is 5.96 Å². The van der Waals surface area contributed by atoms with E-state index in [0.717, 1.165) is 38.6 Å². The number of halogens is 1. The van der Waals surface area contributed by atoms with Crippen LogP contribution < -0.4 is 10.6 Å². The van der Waals surface area contributed by atoms with E-state index in [1.807, 2.05) is 17.9 Å². The maximum absolute atomic E-state index is 4.29. The second-order valence-electron chi connectivity index (χ2n) is 6.49. The van der Waals surface area contributed by atoms with Crippen LogP contribution in [0.15, 0.2) is 17.4 Å². The number of guanidine groups is 1. The highest BCUT2D eigenvalue weighted by Crippen LogP contribution is 2.03. The molecule has 0 aliphatic heterocycles. The molecule has 2 N–H and O–H groups in total. The molecule has 0 bridgehead atoms. The topological polar surface area (TPSA) is 57.5 Å². The van der Waals surface area contributed by atoms with E-state index in [-0.39, 0.29) is 24.0 Å². The van der Waals surface area contributed by atoms with Gasteiger partial charge in [0.1, 0.15) is 0 Å². The largest absolute Gasteiger partial charge is 0.356 e. The van der Waals surface area contributed by atoms with E-state index in [4.69, 9.17) is 0 Å². The maximum atomic E-state index is 4.29. The first-order valence-corrected chi connectivity index (χ1v) is 8.63. The van der Waals surface area contributed by atoms with E-state index in [2.05, 4.69) is 66.4 Å². The highest BCUT2D eigenvalue weighted by Gasteiger charge is 2.12. The Hall–Kier alpha value is -0.830. The molecule has 0 radical (unpaired) electrons. The molecule has 0 aliphatic carbocycles. The van der Waals surface area contributed by atoms with E-state index in [9.17, 15) is 0 Å². The fourth-order valence-corrected chi connectivity index (χ4v) is 2.67. The molecule has 6 nitrogen and oxygen atoms in total. The van der Waals surface area contributed by atoms with E-state index in [1.54, 1.807) is 0 Å². The summed E-state index contributed by atoms with van der Waals surface area (Å²) >= 11 is 0. The lowest BCUT2D eigenvalue weighted by Crippen LogP contribution is -2.45. The van der Waals surface area contributed by atoms with Gasteiger partial charge in [0, 0.05) is 51.5 Å². The summed E-state index contributed by atoms with van der Waals surface area (Å²) in [6.45, 7) is 14.7. The van der Waals surface area contributed by atoms with Gasteiger partial charge in [0.25, 0.3) is 0 Å². The third kappa shape index (κ3) is 8.86. The second-order valence-corrected chi connectivity index (χ2v) is 6.49. The summed E-state index contributed by atoms with van der Waals surface area (Å²) in [5.74, 6) is 0.870. The number of hydrogen-bond donors (Lipinski definition) is 2. The Bertz CT molecular complexity index is 461. The average Bonchev–Trinajstić information content (AvgIpc) is 2.90. The van der Waals surface area contributed by atoms with Crippen LogP contribution in [-0.2, 0) is 6.54 Å². The smallest absolute Gasteiger partial charge is 0.191 e. The van der Waals surface area contributed by atoms with Gasteiger partial charge >= 0.3 is 0 Å². The number of rotatable bonds is 9. The first kappa shape index (κ1) is 23.2. The Morgan fingerprint density at radius 1 is 1.21 bits per heavy atom. The van der Waals surface area contributed by atoms with Gasteiger partial charge < -0.3 is 10.6 Å². The summed E-state index contributed by atoms with van der Waals surface area (Å²) in [4.78, 5) is 6.75. The summed E-state index contributed by atoms with van der Waals surface area (Å²) in [5, 5.41) is 11.0. The molecule has 0 atom stereocenters. The van der Waals surface area contributed by atoms with E-state index < -0.39 is 0 Å². The van der Waals surface area contributed by atoms with E-state index in [1.165, 1.54) is 5.56 Å². The Morgan fingerprint density at radius 3 is 2.33 bits per heavy atom. The molecule has 0 fully saturated rings. The predicted octanol–water partition coefficient (Wildman–Crippen LogP) is 2.48. The van der Waals surface area contributed by atoms with Gasteiger partial charge in [-0.2, -0.15) is 5.10 Å². The lowest BCUT2D eigenvalue weighted by Gasteiger charge is -2.30. The normalized spacial score (nSPS) is 12.0. The summed E-state index contributed by atoms with van der Waals surface area (Å²) in [6.07, 6.45) is 4.98. The van der Waals surface area contributed by atoms with Crippen molar-refractivity contribution in [2.24, 2.45) is 4.99 Å². The fraction of sp³-hybridized carbons (Fsp3) is 0.765. The van der Waals surface area contributed by atoms with Crippen molar-refractivity contribution in [3.63, 3.8) is 0 Å². The van der Waals surface area contributed by atoms with E-state index >= 15 is 0 Å². The molecule has 7 heteroatoms. The van der Waals surface area contributed by atoms with Crippen molar-refractivity contribution in [2.75, 3.05) is 26.7 Å². The molecule has 24 heavy (non-hydrogen) atoms. The Balaban J connectivity index is 0.00000529. The minimum Gasteiger partial charge on any atom is -0.356 e. The third-order valence-corrected chi connectivity index (χ3v) is 3.83. The molecule has 0 aromatic carbocycles. The van der Waals surface area contributed by atoms with Crippen LogP contribution in [0.3, 0.4) is 0 Å². The molecule has 0 spiro atoms. The molecule has 0 saturated heterocycles. The monoisotopic (exact) mass is 450 g/mol. The minimum atomic E-state index is 0. The van der Waals surface area contributed by atoms with Crippen LogP contribution in [0.1, 0.15) is 39.7 Å². The van der Waals surface area contributed by atoms with Crippen LogP contribution in [-0.4, -0.2) is 59.4 Å². The summed E-state index contributed by atoms with van der Waals surface area (Å²) in [7, 11) is 1.81. The number of nitrogens with zero attached hydrogens (tertiary/aromatic N) is 4. The SMILES string of the molecule is CN=C(NCCCn1cc(C)cn1)NCCN(C(C)C)C(C)C.I. The lowest BCUT2D eigenvalue weighted by molar-refractivity contribution is 0.178. The van der Waals surface area contributed by atoms with Crippen LogP contribution in [0.2, 0.25) is 0 Å². The van der Waals surface area contributed by atoms with Crippen molar-refractivity contribution in [1.82, 2.24) is 25.3 Å². The first-order chi connectivity index (χ1) is 10.9. The number of nitrogens with one attached hydrogen (secondary N) is 2. The molecule has 0 amide bonds. The van der Waals surface area contributed by atoms with Crippen LogP contribution >= 0.6 is 24.0 Å². The summed E-state index contributed by atoms with van der Waals surface area (Å²) in [6, 6.07) is 1.12. The zero-order chi connectivity index (χ0) is 17.2. The third-order valence-electron chi connectivity index (χ3n) is 3.83. The molecule has 0 unspecified atom stereocenters. The van der Waals surface area contributed by atoms with Gasteiger partial charge in [0.2, 0.25) is 0 Å². The van der Waals surface area contributed by atoms with Crippen molar-refractivity contribution >= 4 is 29.9 Å². The zero-order valence-corrected chi connectivity index (χ0v) is 18.4. The van der Waals surface area contributed by atoms with Crippen molar-refractivity contribution in [1.29, 1.82) is 0 Å². The highest BCUT2D eigenvalue weighted by molar-refractivity contribution is 14.0. The maximum Gasteiger partial charge on any atom is 0.191 e. The van der Waals surface area contributed by atoms with Crippen molar-refractivity contribution < 1.29 is 0 Å². The molecule has 140 valence electrons. The van der Waals surface area contributed by atoms with E-state index in [0.29, 0.717) is 12.1 Å². The van der Waals surface area contributed by atoms with Gasteiger partial charge in [-0.1, -0.05) is 0 Å². The average molecular weight is 450 g/mol. The lowest BCUT2D eigenvalue weighted by atomic mass is 10.2. The molecule has 1 rings (SSSR count). The zero-order valence-electron chi connectivity index (χ0n) is 16.0. The summed E-state index contributed by atoms with van der Waals surface area (Å²) in [5.41, 5.74) is 1.20. The first-order valence-electron chi connectivity index (χ1n) is 8.63. The van der Waals surface area contributed by atoms with Gasteiger partial charge in [0.05, 0.1) is 6.20 Å². The molecule has 0 aliphatic rings. The Morgan fingerprint density at radius 2 is 1.83 bits per heavy atom. The standard InChI is InChI=1S/C17H34N6.HI/c1-14(2)23(15(3)4)11-9-20-17(18-6)19-8-7-10-22-13-16(5)12-21-22;/h12-15H,7-11H2,1-6H3,(H2,18,19,20);1H. The van der Waals surface area contributed by atoms with Crippen LogP contribution in [0.25, 0.3) is 0 Å². The molecular formula is C17H35IN6. The van der Waals surface area contributed by atoms with Gasteiger partial charge in [-0.25, -0.2) is 0 Å². The summed E-state index contributed by atoms with van der Waals surface area (Å²) < 4.78 is 1.98. The van der Waals surface area contributed by atoms with Gasteiger partial charge in [-0.15, -0.1) is 24.0 Å². The van der Waals surface area contributed by atoms with Crippen LogP contribution in [0, 0.1) is 6.92 Å². The number of aliphatic imine (C=N–C) groups is 1. The van der Waals surface area contributed by atoms with Crippen LogP contribution in [0.5, 0.6) is 0 Å². The highest BCUT2D eigenvalue weighted by atomic mass is 127. The Labute approximate surface area is 164 Å². The predicted molar refractivity (Wildman–Crippen MR) is 113 cm³/mol. The quantitative estimate of drug-likeness (QED) is 0.263. The van der Waals surface area contributed by atoms with Gasteiger partial charge in [-0.3, -0.25) is 14.6 Å². The Kier molecular flexibility index (Phi) is 12.1. The van der Waals surface area contributed by atoms with Crippen LogP contribution in [0.4, 0.5) is 0 Å².